The van der Waals surface area contributed by atoms with E-state index in [1.807, 2.05) is 6.07 Å². The molecule has 0 saturated heterocycles. The van der Waals surface area contributed by atoms with Crippen molar-refractivity contribution in [3.8, 4) is 6.07 Å². The van der Waals surface area contributed by atoms with Crippen LogP contribution in [0.4, 0.5) is 8.78 Å². The number of hydrogen-bond acceptors (Lipinski definition) is 6. The minimum atomic E-state index is -1.02. The number of nitrogens with zero attached hydrogens (tertiary/aromatic N) is 2. The largest absolute Gasteiger partial charge is 0.463 e. The number of allylic oxidation sites excluding steroid dienone is 1. The molecule has 6 nitrogen and oxygen atoms in total. The van der Waals surface area contributed by atoms with Crippen LogP contribution in [-0.2, 0) is 9.53 Å². The lowest BCUT2D eigenvalue weighted by molar-refractivity contribution is -0.136. The molecule has 4 rings (SSSR count). The van der Waals surface area contributed by atoms with E-state index in [0.717, 1.165) is 15.9 Å². The predicted octanol–water partition coefficient (Wildman–Crippen LogP) is 2.18. The summed E-state index contributed by atoms with van der Waals surface area (Å²) in [5.74, 6) is -2.96. The first-order valence-electron chi connectivity index (χ1n) is 9.91. The molecule has 0 aliphatic carbocycles. The number of ether oxygens (including phenoxy) is 1. The number of aromatic nitrogens is 1. The molecule has 0 bridgehead atoms. The van der Waals surface area contributed by atoms with Gasteiger partial charge in [0.1, 0.15) is 22.1 Å². The van der Waals surface area contributed by atoms with Crippen molar-refractivity contribution >= 4 is 34.8 Å². The highest BCUT2D eigenvalue weighted by Crippen LogP contribution is 2.36. The second-order valence-electron chi connectivity index (χ2n) is 7.14. The van der Waals surface area contributed by atoms with Crippen molar-refractivity contribution in [2.45, 2.75) is 12.8 Å². The molecule has 1 atom stereocenters. The maximum atomic E-state index is 14.0. The second-order valence-corrected chi connectivity index (χ2v) is 8.17. The van der Waals surface area contributed by atoms with Gasteiger partial charge in [-0.3, -0.25) is 9.36 Å². The van der Waals surface area contributed by atoms with Gasteiger partial charge in [-0.25, -0.2) is 13.6 Å². The molecule has 33 heavy (non-hydrogen) atoms. The lowest BCUT2D eigenvalue weighted by atomic mass is 9.84. The molecule has 9 heteroatoms. The summed E-state index contributed by atoms with van der Waals surface area (Å²) in [7, 11) is 0. The summed E-state index contributed by atoms with van der Waals surface area (Å²) in [5.41, 5.74) is 6.35. The molecule has 0 saturated carbocycles. The lowest BCUT2D eigenvalue weighted by Crippen LogP contribution is -2.40. The Bertz CT molecular complexity index is 1530. The Kier molecular flexibility index (Phi) is 5.94. The summed E-state index contributed by atoms with van der Waals surface area (Å²) in [5, 5.41) is 9.87. The number of thiazole rings is 1. The summed E-state index contributed by atoms with van der Waals surface area (Å²) in [6, 6.07) is 13.1. The van der Waals surface area contributed by atoms with Crippen LogP contribution >= 0.6 is 11.3 Å². The van der Waals surface area contributed by atoms with E-state index in [4.69, 9.17) is 10.5 Å². The third-order valence-corrected chi connectivity index (χ3v) is 6.20. The molecule has 1 unspecified atom stereocenters. The first-order valence-corrected chi connectivity index (χ1v) is 10.7. The van der Waals surface area contributed by atoms with Crippen LogP contribution in [0.25, 0.3) is 17.5 Å². The Morgan fingerprint density at radius 3 is 2.58 bits per heavy atom. The Morgan fingerprint density at radius 2 is 1.94 bits per heavy atom. The highest BCUT2D eigenvalue weighted by molar-refractivity contribution is 7.07. The molecule has 1 aromatic heterocycles. The number of nitrogens with two attached hydrogens (primary N) is 1. The van der Waals surface area contributed by atoms with E-state index in [1.165, 1.54) is 42.5 Å². The Morgan fingerprint density at radius 1 is 1.24 bits per heavy atom. The van der Waals surface area contributed by atoms with Gasteiger partial charge < -0.3 is 10.5 Å². The molecule has 0 amide bonds. The standard InChI is InChI=1S/C24H17F2N3O3S/c1-2-32-24(31)20-19(14-6-4-8-16(26)11-14)17(12-27)21(28)29-22(30)18(33-23(20)29)10-13-5-3-7-15(25)9-13/h3-11,19H,2,28H2,1H3/b18-10-. The average Bonchev–Trinajstić information content (AvgIpc) is 3.09. The van der Waals surface area contributed by atoms with Crippen molar-refractivity contribution in [1.82, 2.24) is 4.57 Å². The molecule has 166 valence electrons. The Labute approximate surface area is 190 Å². The fraction of sp³-hybridized carbons (Fsp3) is 0.125. The van der Waals surface area contributed by atoms with Crippen LogP contribution in [0.15, 0.2) is 58.9 Å². The SMILES string of the molecule is CCOC(=O)C1=c2s/c(=C\c3cccc(F)c3)c(=O)n2C(N)=C(C#N)C1c1cccc(F)c1. The van der Waals surface area contributed by atoms with E-state index in [-0.39, 0.29) is 32.8 Å². The third-order valence-electron chi connectivity index (χ3n) is 5.09. The van der Waals surface area contributed by atoms with Gasteiger partial charge in [-0.2, -0.15) is 5.26 Å². The smallest absolute Gasteiger partial charge is 0.338 e. The van der Waals surface area contributed by atoms with Crippen LogP contribution in [0, 0.1) is 23.0 Å². The summed E-state index contributed by atoms with van der Waals surface area (Å²) < 4.78 is 34.3. The van der Waals surface area contributed by atoms with Crippen molar-refractivity contribution in [2.75, 3.05) is 6.61 Å². The molecule has 2 heterocycles. The zero-order chi connectivity index (χ0) is 23.7. The maximum Gasteiger partial charge on any atom is 0.338 e. The number of nitriles is 1. The fourth-order valence-electron chi connectivity index (χ4n) is 3.72. The van der Waals surface area contributed by atoms with Crippen LogP contribution in [0.1, 0.15) is 24.0 Å². The molecule has 3 aromatic rings. The molecular formula is C24H17F2N3O3S. The van der Waals surface area contributed by atoms with Gasteiger partial charge >= 0.3 is 5.97 Å². The number of halogens is 2. The van der Waals surface area contributed by atoms with E-state index >= 15 is 0 Å². The molecule has 0 spiro atoms. The number of esters is 1. The second kappa shape index (κ2) is 8.84. The van der Waals surface area contributed by atoms with Crippen molar-refractivity contribution in [3.05, 3.63) is 96.4 Å². The number of benzene rings is 2. The van der Waals surface area contributed by atoms with Crippen LogP contribution < -0.4 is 20.5 Å². The zero-order valence-electron chi connectivity index (χ0n) is 17.3. The number of carbonyl (C=O) groups is 1. The lowest BCUT2D eigenvalue weighted by Gasteiger charge is -2.24. The van der Waals surface area contributed by atoms with Gasteiger partial charge in [0, 0.05) is 0 Å². The highest BCUT2D eigenvalue weighted by Gasteiger charge is 2.36. The Hall–Kier alpha value is -4.03. The average molecular weight is 465 g/mol. The van der Waals surface area contributed by atoms with Crippen LogP contribution in [0.2, 0.25) is 0 Å². The minimum Gasteiger partial charge on any atom is -0.463 e. The van der Waals surface area contributed by atoms with Crippen LogP contribution in [0.3, 0.4) is 0 Å². The fourth-order valence-corrected chi connectivity index (χ4v) is 4.89. The first kappa shape index (κ1) is 22.2. The number of rotatable bonds is 4. The molecule has 2 N–H and O–H groups in total. The van der Waals surface area contributed by atoms with Gasteiger partial charge in [0.15, 0.2) is 0 Å². The van der Waals surface area contributed by atoms with Gasteiger partial charge in [0.2, 0.25) is 0 Å². The monoisotopic (exact) mass is 465 g/mol. The van der Waals surface area contributed by atoms with Gasteiger partial charge in [-0.1, -0.05) is 24.3 Å². The topological polar surface area (TPSA) is 98.1 Å². The van der Waals surface area contributed by atoms with Crippen LogP contribution in [-0.4, -0.2) is 17.1 Å². The summed E-state index contributed by atoms with van der Waals surface area (Å²) in [4.78, 5) is 26.2. The van der Waals surface area contributed by atoms with E-state index in [0.29, 0.717) is 11.1 Å². The zero-order valence-corrected chi connectivity index (χ0v) is 18.2. The molecular weight excluding hydrogens is 448 g/mol. The normalized spacial score (nSPS) is 15.9. The number of fused-ring (bicyclic) bond motifs is 1. The molecule has 1 aliphatic heterocycles. The predicted molar refractivity (Wildman–Crippen MR) is 120 cm³/mol. The van der Waals surface area contributed by atoms with Crippen molar-refractivity contribution in [2.24, 2.45) is 5.73 Å². The van der Waals surface area contributed by atoms with Crippen molar-refractivity contribution in [3.63, 3.8) is 0 Å². The molecule has 2 aromatic carbocycles. The van der Waals surface area contributed by atoms with Gasteiger partial charge in [-0.05, 0) is 48.4 Å². The van der Waals surface area contributed by atoms with E-state index in [9.17, 15) is 23.6 Å². The molecule has 1 aliphatic rings. The summed E-state index contributed by atoms with van der Waals surface area (Å²) >= 11 is 0.961. The van der Waals surface area contributed by atoms with Crippen LogP contribution in [0.5, 0.6) is 0 Å². The van der Waals surface area contributed by atoms with Gasteiger partial charge in [0.05, 0.1) is 34.3 Å². The highest BCUT2D eigenvalue weighted by atomic mass is 32.1. The van der Waals surface area contributed by atoms with Gasteiger partial charge in [0.25, 0.3) is 5.56 Å². The van der Waals surface area contributed by atoms with Crippen molar-refractivity contribution < 1.29 is 18.3 Å². The van der Waals surface area contributed by atoms with E-state index in [1.54, 1.807) is 19.1 Å². The summed E-state index contributed by atoms with van der Waals surface area (Å²) in [6.07, 6.45) is 1.47. The van der Waals surface area contributed by atoms with Gasteiger partial charge in [-0.15, -0.1) is 11.3 Å². The third kappa shape index (κ3) is 3.97. The van der Waals surface area contributed by atoms with E-state index in [2.05, 4.69) is 0 Å². The summed E-state index contributed by atoms with van der Waals surface area (Å²) in [6.45, 7) is 1.68. The number of carbonyl (C=O) groups excluding carboxylic acids is 1. The quantitative estimate of drug-likeness (QED) is 0.596. The minimum absolute atomic E-state index is 0.00851. The number of hydrogen-bond donors (Lipinski definition) is 1. The van der Waals surface area contributed by atoms with E-state index < -0.39 is 29.1 Å². The molecule has 0 radical (unpaired) electrons. The van der Waals surface area contributed by atoms with Crippen molar-refractivity contribution in [1.29, 1.82) is 5.26 Å². The Balaban J connectivity index is 2.10. The molecule has 0 fully saturated rings. The maximum absolute atomic E-state index is 14.0. The first-order chi connectivity index (χ1) is 15.8.